The standard InChI is InChI=1S/C12H11NO3/c1-8-2-4-9(5-3-8)11-6-10(13-16-11)7-12(14)15/h2-6H,7H2,1H3,(H,14,15). The zero-order chi connectivity index (χ0) is 11.5. The zero-order valence-electron chi connectivity index (χ0n) is 8.80. The van der Waals surface area contributed by atoms with E-state index in [0.29, 0.717) is 11.5 Å². The third-order valence-corrected chi connectivity index (χ3v) is 2.23. The highest BCUT2D eigenvalue weighted by atomic mass is 16.5. The second kappa shape index (κ2) is 4.18. The van der Waals surface area contributed by atoms with E-state index >= 15 is 0 Å². The second-order valence-corrected chi connectivity index (χ2v) is 3.62. The summed E-state index contributed by atoms with van der Waals surface area (Å²) < 4.78 is 5.08. The van der Waals surface area contributed by atoms with Crippen molar-refractivity contribution in [2.75, 3.05) is 0 Å². The van der Waals surface area contributed by atoms with Crippen LogP contribution in [-0.2, 0) is 11.2 Å². The van der Waals surface area contributed by atoms with Crippen molar-refractivity contribution in [1.82, 2.24) is 5.16 Å². The molecular formula is C12H11NO3. The van der Waals surface area contributed by atoms with E-state index in [1.807, 2.05) is 31.2 Å². The molecule has 0 aliphatic heterocycles. The van der Waals surface area contributed by atoms with Gasteiger partial charge in [-0.25, -0.2) is 0 Å². The van der Waals surface area contributed by atoms with Crippen LogP contribution >= 0.6 is 0 Å². The predicted octanol–water partition coefficient (Wildman–Crippen LogP) is 2.28. The predicted molar refractivity (Wildman–Crippen MR) is 58.0 cm³/mol. The fraction of sp³-hybridized carbons (Fsp3) is 0.167. The highest BCUT2D eigenvalue weighted by Crippen LogP contribution is 2.20. The molecule has 2 rings (SSSR count). The number of aryl methyl sites for hydroxylation is 1. The number of rotatable bonds is 3. The Morgan fingerprint density at radius 2 is 2.06 bits per heavy atom. The lowest BCUT2D eigenvalue weighted by Gasteiger charge is -1.95. The van der Waals surface area contributed by atoms with Gasteiger partial charge < -0.3 is 9.63 Å². The summed E-state index contributed by atoms with van der Waals surface area (Å²) in [6.45, 7) is 2.00. The quantitative estimate of drug-likeness (QED) is 0.856. The van der Waals surface area contributed by atoms with Gasteiger partial charge in [0.05, 0.1) is 12.1 Å². The molecule has 0 saturated carbocycles. The minimum absolute atomic E-state index is 0.116. The van der Waals surface area contributed by atoms with E-state index in [0.717, 1.165) is 11.1 Å². The van der Waals surface area contributed by atoms with Crippen molar-refractivity contribution in [2.24, 2.45) is 0 Å². The largest absolute Gasteiger partial charge is 0.481 e. The molecule has 2 aromatic rings. The Balaban J connectivity index is 2.24. The number of nitrogens with zero attached hydrogens (tertiary/aromatic N) is 1. The third kappa shape index (κ3) is 2.28. The smallest absolute Gasteiger partial charge is 0.309 e. The number of hydrogen-bond donors (Lipinski definition) is 1. The highest BCUT2D eigenvalue weighted by molar-refractivity contribution is 5.70. The highest BCUT2D eigenvalue weighted by Gasteiger charge is 2.09. The topological polar surface area (TPSA) is 63.3 Å². The van der Waals surface area contributed by atoms with Gasteiger partial charge >= 0.3 is 5.97 Å². The minimum atomic E-state index is -0.913. The molecule has 0 saturated heterocycles. The molecule has 0 fully saturated rings. The van der Waals surface area contributed by atoms with Gasteiger partial charge in [0.15, 0.2) is 5.76 Å². The summed E-state index contributed by atoms with van der Waals surface area (Å²) in [7, 11) is 0. The number of aliphatic carboxylic acids is 1. The van der Waals surface area contributed by atoms with Crippen LogP contribution in [0.5, 0.6) is 0 Å². The van der Waals surface area contributed by atoms with E-state index in [9.17, 15) is 4.79 Å². The maximum Gasteiger partial charge on any atom is 0.309 e. The fourth-order valence-corrected chi connectivity index (χ4v) is 1.40. The summed E-state index contributed by atoms with van der Waals surface area (Å²) >= 11 is 0. The third-order valence-electron chi connectivity index (χ3n) is 2.23. The first-order valence-electron chi connectivity index (χ1n) is 4.89. The molecule has 1 aromatic carbocycles. The van der Waals surface area contributed by atoms with E-state index in [-0.39, 0.29) is 6.42 Å². The first-order chi connectivity index (χ1) is 7.65. The van der Waals surface area contributed by atoms with Crippen molar-refractivity contribution in [1.29, 1.82) is 0 Å². The van der Waals surface area contributed by atoms with Gasteiger partial charge in [0.1, 0.15) is 0 Å². The SMILES string of the molecule is Cc1ccc(-c2cc(CC(=O)O)no2)cc1. The molecule has 16 heavy (non-hydrogen) atoms. The summed E-state index contributed by atoms with van der Waals surface area (Å²) in [6.07, 6.45) is -0.116. The van der Waals surface area contributed by atoms with Gasteiger partial charge in [-0.1, -0.05) is 35.0 Å². The number of carbonyl (C=O) groups is 1. The molecule has 0 amide bonds. The monoisotopic (exact) mass is 217 g/mol. The molecule has 0 unspecified atom stereocenters. The summed E-state index contributed by atoms with van der Waals surface area (Å²) in [5, 5.41) is 12.3. The van der Waals surface area contributed by atoms with Crippen LogP contribution in [0.1, 0.15) is 11.3 Å². The van der Waals surface area contributed by atoms with Gasteiger partial charge in [-0.3, -0.25) is 4.79 Å². The van der Waals surface area contributed by atoms with Crippen molar-refractivity contribution in [2.45, 2.75) is 13.3 Å². The van der Waals surface area contributed by atoms with Crippen LogP contribution in [-0.4, -0.2) is 16.2 Å². The van der Waals surface area contributed by atoms with E-state index in [1.165, 1.54) is 0 Å². The Hall–Kier alpha value is -2.10. The molecular weight excluding hydrogens is 206 g/mol. The Morgan fingerprint density at radius 1 is 1.38 bits per heavy atom. The number of benzene rings is 1. The molecule has 0 aliphatic rings. The molecule has 0 atom stereocenters. The molecule has 0 radical (unpaired) electrons. The maximum absolute atomic E-state index is 10.5. The lowest BCUT2D eigenvalue weighted by molar-refractivity contribution is -0.136. The Kier molecular flexibility index (Phi) is 2.72. The van der Waals surface area contributed by atoms with Gasteiger partial charge in [0.2, 0.25) is 0 Å². The summed E-state index contributed by atoms with van der Waals surface area (Å²) in [5.74, 6) is -0.319. The van der Waals surface area contributed by atoms with E-state index in [2.05, 4.69) is 5.16 Å². The Morgan fingerprint density at radius 3 is 2.69 bits per heavy atom. The van der Waals surface area contributed by atoms with Gasteiger partial charge in [-0.05, 0) is 6.92 Å². The zero-order valence-corrected chi connectivity index (χ0v) is 8.80. The van der Waals surface area contributed by atoms with Gasteiger partial charge in [-0.2, -0.15) is 0 Å². The first-order valence-corrected chi connectivity index (χ1v) is 4.89. The van der Waals surface area contributed by atoms with Crippen LogP contribution in [0.15, 0.2) is 34.9 Å². The van der Waals surface area contributed by atoms with Crippen molar-refractivity contribution in [3.63, 3.8) is 0 Å². The van der Waals surface area contributed by atoms with Crippen molar-refractivity contribution < 1.29 is 14.4 Å². The van der Waals surface area contributed by atoms with Crippen molar-refractivity contribution >= 4 is 5.97 Å². The summed E-state index contributed by atoms with van der Waals surface area (Å²) in [5.41, 5.74) is 2.49. The lowest BCUT2D eigenvalue weighted by atomic mass is 10.1. The maximum atomic E-state index is 10.5. The summed E-state index contributed by atoms with van der Waals surface area (Å²) in [4.78, 5) is 10.5. The minimum Gasteiger partial charge on any atom is -0.481 e. The molecule has 0 spiro atoms. The van der Waals surface area contributed by atoms with E-state index < -0.39 is 5.97 Å². The average molecular weight is 217 g/mol. The Bertz CT molecular complexity index is 499. The van der Waals surface area contributed by atoms with Crippen LogP contribution in [0.4, 0.5) is 0 Å². The molecule has 0 bridgehead atoms. The first kappa shape index (κ1) is 10.4. The average Bonchev–Trinajstić information content (AvgIpc) is 2.66. The molecule has 4 nitrogen and oxygen atoms in total. The van der Waals surface area contributed by atoms with Crippen LogP contribution in [0.25, 0.3) is 11.3 Å². The number of carboxylic acids is 1. The van der Waals surface area contributed by atoms with Crippen molar-refractivity contribution in [3.05, 3.63) is 41.6 Å². The van der Waals surface area contributed by atoms with Crippen LogP contribution < -0.4 is 0 Å². The molecule has 82 valence electrons. The van der Waals surface area contributed by atoms with Gasteiger partial charge in [0.25, 0.3) is 0 Å². The molecule has 0 aliphatic carbocycles. The van der Waals surface area contributed by atoms with E-state index in [1.54, 1.807) is 6.07 Å². The number of hydrogen-bond acceptors (Lipinski definition) is 3. The normalized spacial score (nSPS) is 10.3. The molecule has 4 heteroatoms. The number of carboxylic acid groups (broad SMARTS) is 1. The van der Waals surface area contributed by atoms with Gasteiger partial charge in [0, 0.05) is 11.6 Å². The van der Waals surface area contributed by atoms with Crippen molar-refractivity contribution in [3.8, 4) is 11.3 Å². The fourth-order valence-electron chi connectivity index (χ4n) is 1.40. The molecule has 1 aromatic heterocycles. The van der Waals surface area contributed by atoms with Crippen LogP contribution in [0.2, 0.25) is 0 Å². The van der Waals surface area contributed by atoms with E-state index in [4.69, 9.17) is 9.63 Å². The second-order valence-electron chi connectivity index (χ2n) is 3.62. The summed E-state index contributed by atoms with van der Waals surface area (Å²) in [6, 6.07) is 9.42. The molecule has 1 N–H and O–H groups in total. The van der Waals surface area contributed by atoms with Gasteiger partial charge in [-0.15, -0.1) is 0 Å². The van der Waals surface area contributed by atoms with Crippen LogP contribution in [0.3, 0.4) is 0 Å². The van der Waals surface area contributed by atoms with Crippen LogP contribution in [0, 0.1) is 6.92 Å². The number of aromatic nitrogens is 1. The molecule has 1 heterocycles. The Labute approximate surface area is 92.5 Å². The lowest BCUT2D eigenvalue weighted by Crippen LogP contribution is -1.99.